The third kappa shape index (κ3) is 5.89. The third-order valence-corrected chi connectivity index (χ3v) is 8.27. The van der Waals surface area contributed by atoms with Crippen LogP contribution < -0.4 is 0 Å². The molecule has 2 saturated carbocycles. The van der Waals surface area contributed by atoms with Gasteiger partial charge in [0.05, 0.1) is 11.7 Å². The van der Waals surface area contributed by atoms with E-state index in [1.807, 2.05) is 6.92 Å². The number of fused-ring (bicyclic) bond motifs is 1. The molecule has 0 radical (unpaired) electrons. The van der Waals surface area contributed by atoms with Crippen molar-refractivity contribution in [2.75, 3.05) is 0 Å². The van der Waals surface area contributed by atoms with Gasteiger partial charge < -0.3 is 15.3 Å². The zero-order valence-corrected chi connectivity index (χ0v) is 19.9. The molecule has 0 bridgehead atoms. The van der Waals surface area contributed by atoms with Crippen molar-refractivity contribution in [1.29, 1.82) is 0 Å². The smallest absolute Gasteiger partial charge is 0.393 e. The summed E-state index contributed by atoms with van der Waals surface area (Å²) in [6.07, 6.45) is -6.29. The van der Waals surface area contributed by atoms with Gasteiger partial charge in [-0.25, -0.2) is 0 Å². The molecule has 0 saturated heterocycles. The van der Waals surface area contributed by atoms with Crippen LogP contribution in [0.25, 0.3) is 0 Å². The molecule has 3 N–H and O–H groups in total. The Morgan fingerprint density at radius 3 is 2.00 bits per heavy atom. The van der Waals surface area contributed by atoms with Gasteiger partial charge in [0, 0.05) is 0 Å². The van der Waals surface area contributed by atoms with Crippen molar-refractivity contribution < 1.29 is 41.7 Å². The van der Waals surface area contributed by atoms with Gasteiger partial charge in [0.1, 0.15) is 0 Å². The van der Waals surface area contributed by atoms with Crippen molar-refractivity contribution in [3.63, 3.8) is 0 Å². The zero-order chi connectivity index (χ0) is 25.5. The molecule has 0 spiro atoms. The molecule has 3 nitrogen and oxygen atoms in total. The Morgan fingerprint density at radius 2 is 1.48 bits per heavy atom. The van der Waals surface area contributed by atoms with Gasteiger partial charge in [0.15, 0.2) is 0 Å². The van der Waals surface area contributed by atoms with Gasteiger partial charge >= 0.3 is 12.4 Å². The molecule has 194 valence electrons. The second kappa shape index (κ2) is 9.34. The number of rotatable bonds is 8. The summed E-state index contributed by atoms with van der Waals surface area (Å²) in [6.45, 7) is 7.27. The highest BCUT2D eigenvalue weighted by molar-refractivity contribution is 5.13. The van der Waals surface area contributed by atoms with Gasteiger partial charge in [-0.2, -0.15) is 26.3 Å². The van der Waals surface area contributed by atoms with Gasteiger partial charge in [-0.3, -0.25) is 0 Å². The van der Waals surface area contributed by atoms with Crippen LogP contribution in [0.15, 0.2) is 12.2 Å². The van der Waals surface area contributed by atoms with Crippen molar-refractivity contribution in [1.82, 2.24) is 0 Å². The largest absolute Gasteiger partial charge is 0.429 e. The third-order valence-electron chi connectivity index (χ3n) is 8.27. The molecule has 0 aromatic heterocycles. The predicted octanol–water partition coefficient (Wildman–Crippen LogP) is 6.31. The van der Waals surface area contributed by atoms with Crippen molar-refractivity contribution in [2.24, 2.45) is 22.7 Å². The highest BCUT2D eigenvalue weighted by Gasteiger charge is 2.69. The first-order chi connectivity index (χ1) is 14.8. The Balaban J connectivity index is 2.35. The van der Waals surface area contributed by atoms with E-state index in [9.17, 15) is 41.7 Å². The molecule has 9 heteroatoms. The SMILES string of the molecule is CC(C)(O)CCC[C@](C)(C/C=C/C(O)(C(F)(F)F)C(F)(F)F)[C@H]1CC[C@H]2[C@@H](O)CCC[C@@]12C. The minimum absolute atomic E-state index is 0.0127. The fourth-order valence-corrected chi connectivity index (χ4v) is 6.49. The van der Waals surface area contributed by atoms with Crippen LogP contribution in [0.2, 0.25) is 0 Å². The molecule has 0 unspecified atom stereocenters. The summed E-state index contributed by atoms with van der Waals surface area (Å²) >= 11 is 0. The molecule has 5 atom stereocenters. The summed E-state index contributed by atoms with van der Waals surface area (Å²) in [5.74, 6) is 0.0393. The summed E-state index contributed by atoms with van der Waals surface area (Å²) in [5.41, 5.74) is -6.76. The fraction of sp³-hybridized carbons (Fsp3) is 0.917. The topological polar surface area (TPSA) is 60.7 Å². The van der Waals surface area contributed by atoms with Crippen LogP contribution in [-0.2, 0) is 0 Å². The molecule has 2 fully saturated rings. The van der Waals surface area contributed by atoms with Crippen LogP contribution in [0, 0.1) is 22.7 Å². The van der Waals surface area contributed by atoms with Gasteiger partial charge in [-0.15, -0.1) is 0 Å². The van der Waals surface area contributed by atoms with Crippen LogP contribution in [0.4, 0.5) is 26.3 Å². The standard InChI is InChI=1S/C24H38F6O3/c1-19(2,32)11-6-12-20(3,13-7-15-22(33,23(25,26)27)24(28,29)30)18-10-9-16-17(31)8-5-14-21(16,18)4/h7,15-18,31-33H,5-6,8-14H2,1-4H3/b15-7+/t16-,17-,18+,20+,21+/m0/s1. The molecule has 0 aliphatic heterocycles. The summed E-state index contributed by atoms with van der Waals surface area (Å²) in [4.78, 5) is 0. The van der Waals surface area contributed by atoms with Crippen LogP contribution in [0.5, 0.6) is 0 Å². The predicted molar refractivity (Wildman–Crippen MR) is 113 cm³/mol. The molecular weight excluding hydrogens is 450 g/mol. The molecule has 2 rings (SSSR count). The first kappa shape index (κ1) is 28.4. The van der Waals surface area contributed by atoms with Crippen LogP contribution in [-0.4, -0.2) is 45.0 Å². The number of hydrogen-bond donors (Lipinski definition) is 3. The lowest BCUT2D eigenvalue weighted by molar-refractivity contribution is -0.347. The minimum atomic E-state index is -5.89. The maximum absolute atomic E-state index is 13.1. The van der Waals surface area contributed by atoms with E-state index >= 15 is 0 Å². The minimum Gasteiger partial charge on any atom is -0.393 e. The maximum Gasteiger partial charge on any atom is 0.429 e. The number of hydrogen-bond acceptors (Lipinski definition) is 3. The normalized spacial score (nSPS) is 31.6. The number of aliphatic hydroxyl groups excluding tert-OH is 1. The highest BCUT2D eigenvalue weighted by Crippen LogP contribution is 2.62. The molecule has 0 amide bonds. The number of alkyl halides is 6. The van der Waals surface area contributed by atoms with Gasteiger partial charge in [0.2, 0.25) is 0 Å². The first-order valence-electron chi connectivity index (χ1n) is 11.7. The van der Waals surface area contributed by atoms with E-state index in [-0.39, 0.29) is 29.7 Å². The molecule has 0 aromatic carbocycles. The lowest BCUT2D eigenvalue weighted by Crippen LogP contribution is -2.55. The Hall–Kier alpha value is -0.800. The van der Waals surface area contributed by atoms with E-state index < -0.39 is 35.1 Å². The zero-order valence-electron chi connectivity index (χ0n) is 19.9. The molecule has 2 aliphatic carbocycles. The molecule has 0 aromatic rings. The molecule has 33 heavy (non-hydrogen) atoms. The quantitative estimate of drug-likeness (QED) is 0.277. The van der Waals surface area contributed by atoms with Crippen molar-refractivity contribution in [3.8, 4) is 0 Å². The van der Waals surface area contributed by atoms with E-state index in [4.69, 9.17) is 0 Å². The Bertz CT molecular complexity index is 682. The molecule has 0 heterocycles. The lowest BCUT2D eigenvalue weighted by atomic mass is 9.56. The maximum atomic E-state index is 13.1. The van der Waals surface area contributed by atoms with E-state index in [1.165, 1.54) is 0 Å². The van der Waals surface area contributed by atoms with Crippen molar-refractivity contribution in [3.05, 3.63) is 12.2 Å². The van der Waals surface area contributed by atoms with Gasteiger partial charge in [-0.1, -0.05) is 32.8 Å². The van der Waals surface area contributed by atoms with E-state index in [0.717, 1.165) is 31.8 Å². The summed E-state index contributed by atoms with van der Waals surface area (Å²) in [5, 5.41) is 30.1. The van der Waals surface area contributed by atoms with E-state index in [1.54, 1.807) is 13.8 Å². The van der Waals surface area contributed by atoms with Crippen molar-refractivity contribution in [2.45, 2.75) is 115 Å². The van der Waals surface area contributed by atoms with Crippen molar-refractivity contribution >= 4 is 0 Å². The highest BCUT2D eigenvalue weighted by atomic mass is 19.4. The number of allylic oxidation sites excluding steroid dienone is 1. The second-order valence-corrected chi connectivity index (χ2v) is 11.4. The van der Waals surface area contributed by atoms with Crippen LogP contribution in [0.3, 0.4) is 0 Å². The Morgan fingerprint density at radius 1 is 0.909 bits per heavy atom. The average Bonchev–Trinajstić information content (AvgIpc) is 2.97. The number of aliphatic hydroxyl groups is 3. The second-order valence-electron chi connectivity index (χ2n) is 11.4. The first-order valence-corrected chi connectivity index (χ1v) is 11.7. The molecular formula is C24H38F6O3. The van der Waals surface area contributed by atoms with E-state index in [2.05, 4.69) is 6.92 Å². The van der Waals surface area contributed by atoms with Gasteiger partial charge in [0.25, 0.3) is 5.60 Å². The lowest BCUT2D eigenvalue weighted by Gasteiger charge is -2.50. The summed E-state index contributed by atoms with van der Waals surface area (Å²) in [7, 11) is 0. The van der Waals surface area contributed by atoms with Gasteiger partial charge in [-0.05, 0) is 87.5 Å². The van der Waals surface area contributed by atoms with Crippen LogP contribution >= 0.6 is 0 Å². The summed E-state index contributed by atoms with van der Waals surface area (Å²) < 4.78 is 78.6. The van der Waals surface area contributed by atoms with E-state index in [0.29, 0.717) is 25.7 Å². The summed E-state index contributed by atoms with van der Waals surface area (Å²) in [6, 6.07) is 0. The Labute approximate surface area is 192 Å². The molecule has 2 aliphatic rings. The Kier molecular flexibility index (Phi) is 8.05. The van der Waals surface area contributed by atoms with Crippen LogP contribution in [0.1, 0.15) is 85.5 Å². The average molecular weight is 489 g/mol. The number of halogens is 6. The fourth-order valence-electron chi connectivity index (χ4n) is 6.49. The monoisotopic (exact) mass is 488 g/mol.